The molecule has 3 heterocycles. The van der Waals surface area contributed by atoms with Crippen LogP contribution in [-0.2, 0) is 27.5 Å². The lowest BCUT2D eigenvalue weighted by Gasteiger charge is -2.13. The Bertz CT molecular complexity index is 1120. The standard InChI is InChI=1S/C21H18ClN3O4/c1-25(10-17-20(22)15-4-2-3-5-16(15)29-17)19(27)7-6-13-8-14-11-28-12-18(26)24-21(14)23-9-13/h2-9H,10-12H2,1H3,(H,23,24,26)/b7-6+. The van der Waals surface area contributed by atoms with Gasteiger partial charge in [-0.15, -0.1) is 0 Å². The molecule has 4 rings (SSSR count). The highest BCUT2D eigenvalue weighted by Crippen LogP contribution is 2.31. The molecule has 0 spiro atoms. The molecule has 7 nitrogen and oxygen atoms in total. The van der Waals surface area contributed by atoms with E-state index in [1.807, 2.05) is 30.3 Å². The second-order valence-electron chi connectivity index (χ2n) is 6.68. The number of amides is 2. The molecule has 1 aromatic carbocycles. The number of anilines is 1. The van der Waals surface area contributed by atoms with Gasteiger partial charge in [-0.3, -0.25) is 9.59 Å². The minimum atomic E-state index is -0.236. The van der Waals surface area contributed by atoms with E-state index in [4.69, 9.17) is 20.8 Å². The number of pyridine rings is 1. The topological polar surface area (TPSA) is 84.7 Å². The SMILES string of the molecule is CN(Cc1oc2ccccc2c1Cl)C(=O)/C=C/c1cnc2c(c1)COCC(=O)N2. The van der Waals surface area contributed by atoms with E-state index in [9.17, 15) is 9.59 Å². The Labute approximate surface area is 171 Å². The first-order valence-electron chi connectivity index (χ1n) is 8.97. The molecule has 0 radical (unpaired) electrons. The van der Waals surface area contributed by atoms with E-state index in [2.05, 4.69) is 10.3 Å². The number of hydrogen-bond acceptors (Lipinski definition) is 5. The van der Waals surface area contributed by atoms with Crippen LogP contribution in [0.2, 0.25) is 5.02 Å². The highest BCUT2D eigenvalue weighted by molar-refractivity contribution is 6.36. The highest BCUT2D eigenvalue weighted by atomic mass is 35.5. The first kappa shape index (κ1) is 19.2. The molecule has 0 saturated heterocycles. The summed E-state index contributed by atoms with van der Waals surface area (Å²) in [5.41, 5.74) is 2.18. The molecule has 148 valence electrons. The Morgan fingerprint density at radius 1 is 1.34 bits per heavy atom. The molecule has 1 aliphatic heterocycles. The molecular weight excluding hydrogens is 394 g/mol. The van der Waals surface area contributed by atoms with Crippen LogP contribution in [0.4, 0.5) is 5.82 Å². The number of carbonyl (C=O) groups excluding carboxylic acids is 2. The second kappa shape index (κ2) is 8.06. The summed E-state index contributed by atoms with van der Waals surface area (Å²) < 4.78 is 11.0. The van der Waals surface area contributed by atoms with Gasteiger partial charge in [-0.1, -0.05) is 23.7 Å². The van der Waals surface area contributed by atoms with Gasteiger partial charge in [0.25, 0.3) is 5.91 Å². The van der Waals surface area contributed by atoms with Gasteiger partial charge in [0.1, 0.15) is 23.8 Å². The number of benzene rings is 1. The number of nitrogens with zero attached hydrogens (tertiary/aromatic N) is 2. The molecule has 1 aliphatic rings. The Kier molecular flexibility index (Phi) is 5.33. The molecule has 0 saturated carbocycles. The number of fused-ring (bicyclic) bond motifs is 2. The fourth-order valence-corrected chi connectivity index (χ4v) is 3.27. The zero-order valence-corrected chi connectivity index (χ0v) is 16.4. The van der Waals surface area contributed by atoms with Crippen molar-refractivity contribution < 1.29 is 18.7 Å². The molecular formula is C21H18ClN3O4. The minimum absolute atomic E-state index is 0.00480. The average Bonchev–Trinajstić information content (AvgIpc) is 2.90. The number of carbonyl (C=O) groups is 2. The van der Waals surface area contributed by atoms with Crippen LogP contribution in [0, 0.1) is 0 Å². The number of halogens is 1. The predicted octanol–water partition coefficient (Wildman–Crippen LogP) is 3.62. The highest BCUT2D eigenvalue weighted by Gasteiger charge is 2.16. The third-order valence-electron chi connectivity index (χ3n) is 4.51. The van der Waals surface area contributed by atoms with Crippen LogP contribution in [-0.4, -0.2) is 35.4 Å². The van der Waals surface area contributed by atoms with E-state index in [1.165, 1.54) is 11.0 Å². The summed E-state index contributed by atoms with van der Waals surface area (Å²) in [7, 11) is 1.68. The first-order valence-corrected chi connectivity index (χ1v) is 9.34. The number of likely N-dealkylation sites (N-methyl/N-ethyl adjacent to an activating group) is 1. The fraction of sp³-hybridized carbons (Fsp3) is 0.190. The smallest absolute Gasteiger partial charge is 0.251 e. The largest absolute Gasteiger partial charge is 0.458 e. The van der Waals surface area contributed by atoms with Gasteiger partial charge >= 0.3 is 0 Å². The summed E-state index contributed by atoms with van der Waals surface area (Å²) in [5.74, 6) is 0.575. The van der Waals surface area contributed by atoms with Gasteiger partial charge < -0.3 is 19.4 Å². The van der Waals surface area contributed by atoms with E-state index in [-0.39, 0.29) is 31.6 Å². The zero-order valence-electron chi connectivity index (χ0n) is 15.6. The first-order chi connectivity index (χ1) is 14.0. The number of furan rings is 1. The van der Waals surface area contributed by atoms with Gasteiger partial charge in [-0.2, -0.15) is 0 Å². The fourth-order valence-electron chi connectivity index (χ4n) is 3.02. The molecule has 0 bridgehead atoms. The lowest BCUT2D eigenvalue weighted by Crippen LogP contribution is -2.24. The minimum Gasteiger partial charge on any atom is -0.458 e. The quantitative estimate of drug-likeness (QED) is 0.663. The van der Waals surface area contributed by atoms with Gasteiger partial charge in [-0.05, 0) is 29.8 Å². The number of hydrogen-bond donors (Lipinski definition) is 1. The van der Waals surface area contributed by atoms with Crippen LogP contribution >= 0.6 is 11.6 Å². The average molecular weight is 412 g/mol. The monoisotopic (exact) mass is 411 g/mol. The van der Waals surface area contributed by atoms with Crippen LogP contribution < -0.4 is 5.32 Å². The third-order valence-corrected chi connectivity index (χ3v) is 4.93. The normalized spacial score (nSPS) is 13.9. The Hall–Kier alpha value is -3.16. The Balaban J connectivity index is 1.45. The summed E-state index contributed by atoms with van der Waals surface area (Å²) in [6.07, 6.45) is 4.71. The lowest BCUT2D eigenvalue weighted by molar-refractivity contribution is -0.125. The van der Waals surface area contributed by atoms with Crippen molar-refractivity contribution in [1.82, 2.24) is 9.88 Å². The van der Waals surface area contributed by atoms with E-state index < -0.39 is 0 Å². The summed E-state index contributed by atoms with van der Waals surface area (Å²) in [5, 5.41) is 4.02. The van der Waals surface area contributed by atoms with Crippen molar-refractivity contribution in [3.8, 4) is 0 Å². The molecule has 3 aromatic rings. The van der Waals surface area contributed by atoms with Crippen LogP contribution in [0.1, 0.15) is 16.9 Å². The van der Waals surface area contributed by atoms with Crippen molar-refractivity contribution in [1.29, 1.82) is 0 Å². The molecule has 8 heteroatoms. The van der Waals surface area contributed by atoms with Gasteiger partial charge in [-0.25, -0.2) is 4.98 Å². The second-order valence-corrected chi connectivity index (χ2v) is 7.06. The number of nitrogens with one attached hydrogen (secondary N) is 1. The summed E-state index contributed by atoms with van der Waals surface area (Å²) in [4.78, 5) is 29.7. The molecule has 29 heavy (non-hydrogen) atoms. The van der Waals surface area contributed by atoms with Crippen LogP contribution in [0.3, 0.4) is 0 Å². The van der Waals surface area contributed by atoms with Crippen molar-refractivity contribution in [2.75, 3.05) is 19.0 Å². The van der Waals surface area contributed by atoms with Gasteiger partial charge in [0.2, 0.25) is 5.91 Å². The van der Waals surface area contributed by atoms with Gasteiger partial charge in [0.15, 0.2) is 0 Å². The van der Waals surface area contributed by atoms with Crippen LogP contribution in [0.15, 0.2) is 47.0 Å². The van der Waals surface area contributed by atoms with Crippen molar-refractivity contribution in [2.45, 2.75) is 13.2 Å². The maximum atomic E-state index is 12.5. The van der Waals surface area contributed by atoms with Crippen LogP contribution in [0.25, 0.3) is 17.0 Å². The number of para-hydroxylation sites is 1. The lowest BCUT2D eigenvalue weighted by atomic mass is 10.2. The Morgan fingerprint density at radius 3 is 3.00 bits per heavy atom. The summed E-state index contributed by atoms with van der Waals surface area (Å²) in [6.45, 7) is 0.523. The van der Waals surface area contributed by atoms with Crippen LogP contribution in [0.5, 0.6) is 0 Å². The van der Waals surface area contributed by atoms with E-state index in [1.54, 1.807) is 19.3 Å². The van der Waals surface area contributed by atoms with Crippen molar-refractivity contribution in [2.24, 2.45) is 0 Å². The van der Waals surface area contributed by atoms with E-state index >= 15 is 0 Å². The molecule has 2 amide bonds. The third kappa shape index (κ3) is 4.16. The zero-order chi connectivity index (χ0) is 20.4. The number of ether oxygens (including phenoxy) is 1. The van der Waals surface area contributed by atoms with Gasteiger partial charge in [0, 0.05) is 30.3 Å². The molecule has 0 atom stereocenters. The van der Waals surface area contributed by atoms with Crippen molar-refractivity contribution >= 4 is 46.3 Å². The van der Waals surface area contributed by atoms with Gasteiger partial charge in [0.05, 0.1) is 18.2 Å². The predicted molar refractivity (Wildman–Crippen MR) is 109 cm³/mol. The molecule has 2 aromatic heterocycles. The van der Waals surface area contributed by atoms with Crippen molar-refractivity contribution in [3.05, 3.63) is 64.5 Å². The summed E-state index contributed by atoms with van der Waals surface area (Å²) in [6, 6.07) is 9.30. The van der Waals surface area contributed by atoms with Crippen molar-refractivity contribution in [3.63, 3.8) is 0 Å². The summed E-state index contributed by atoms with van der Waals surface area (Å²) >= 11 is 6.37. The maximum Gasteiger partial charge on any atom is 0.251 e. The molecule has 0 aliphatic carbocycles. The number of rotatable bonds is 4. The Morgan fingerprint density at radius 2 is 2.17 bits per heavy atom. The van der Waals surface area contributed by atoms with E-state index in [0.717, 1.165) is 16.5 Å². The number of aromatic nitrogens is 1. The molecule has 0 unspecified atom stereocenters. The molecule has 0 fully saturated rings. The molecule has 1 N–H and O–H groups in total. The maximum absolute atomic E-state index is 12.5. The van der Waals surface area contributed by atoms with E-state index in [0.29, 0.717) is 22.2 Å².